The lowest BCUT2D eigenvalue weighted by molar-refractivity contribution is 0.0934. The highest BCUT2D eigenvalue weighted by Gasteiger charge is 2.29. The molecule has 0 saturated heterocycles. The monoisotopic (exact) mass is 330 g/mol. The summed E-state index contributed by atoms with van der Waals surface area (Å²) in [5, 5.41) is 2.68. The van der Waals surface area contributed by atoms with Crippen LogP contribution >= 0.6 is 0 Å². The number of hydrogen-bond donors (Lipinski definition) is 3. The van der Waals surface area contributed by atoms with Gasteiger partial charge in [-0.25, -0.2) is 4.39 Å². The first kappa shape index (κ1) is 15.6. The van der Waals surface area contributed by atoms with Gasteiger partial charge in [-0.3, -0.25) is 14.5 Å². The number of nitrogens with zero attached hydrogens (tertiary/aromatic N) is 1. The van der Waals surface area contributed by atoms with Gasteiger partial charge in [-0.05, 0) is 24.3 Å². The second-order valence-electron chi connectivity index (χ2n) is 5.22. The first-order chi connectivity index (χ1) is 11.4. The number of nitrogens with one attached hydrogen (secondary N) is 1. The van der Waals surface area contributed by atoms with Crippen molar-refractivity contribution in [3.05, 3.63) is 47.3 Å². The van der Waals surface area contributed by atoms with E-state index in [2.05, 4.69) is 5.32 Å². The topological polar surface area (TPSA) is 111 Å². The summed E-state index contributed by atoms with van der Waals surface area (Å²) in [7, 11) is 1.57. The number of nitrogens with two attached hydrogens (primary N) is 2. The Bertz CT molecular complexity index is 853. The van der Waals surface area contributed by atoms with Crippen molar-refractivity contribution < 1.29 is 18.7 Å². The molecule has 0 saturated carbocycles. The molecule has 1 heterocycles. The largest absolute Gasteiger partial charge is 0.472 e. The zero-order valence-corrected chi connectivity index (χ0v) is 12.8. The number of carbonyl (C=O) groups is 2. The van der Waals surface area contributed by atoms with Crippen molar-refractivity contribution in [2.24, 2.45) is 5.73 Å². The quantitative estimate of drug-likeness (QED) is 0.739. The van der Waals surface area contributed by atoms with Crippen molar-refractivity contribution in [3.63, 3.8) is 0 Å². The van der Waals surface area contributed by atoms with Crippen molar-refractivity contribution in [2.45, 2.75) is 0 Å². The molecule has 2 amide bonds. The highest BCUT2D eigenvalue weighted by Crippen LogP contribution is 2.33. The van der Waals surface area contributed by atoms with Gasteiger partial charge in [0.1, 0.15) is 11.6 Å². The number of carbonyl (C=O) groups excluding carboxylic acids is 2. The molecule has 0 atom stereocenters. The molecule has 2 aromatic rings. The molecule has 0 fully saturated rings. The number of fused-ring (bicyclic) bond motifs is 1. The normalized spacial score (nSPS) is 13.2. The maximum Gasteiger partial charge on any atom is 0.264 e. The van der Waals surface area contributed by atoms with Crippen molar-refractivity contribution in [2.75, 3.05) is 29.7 Å². The van der Waals surface area contributed by atoms with Crippen LogP contribution in [-0.2, 0) is 0 Å². The summed E-state index contributed by atoms with van der Waals surface area (Å²) >= 11 is 0. The van der Waals surface area contributed by atoms with Gasteiger partial charge in [-0.1, -0.05) is 0 Å². The predicted molar refractivity (Wildman–Crippen MR) is 87.6 cm³/mol. The van der Waals surface area contributed by atoms with Crippen LogP contribution in [0.2, 0.25) is 0 Å². The molecule has 3 rings (SSSR count). The number of nitrogen functional groups attached to an aromatic ring is 1. The SMILES string of the molecule is CNc1cc2c(cc1F)C(=O)N(c1ccc(N)c(C(N)=O)c1)CO2. The Morgan fingerprint density at radius 2 is 2.08 bits per heavy atom. The highest BCUT2D eigenvalue weighted by atomic mass is 19.1. The Labute approximate surface area is 137 Å². The summed E-state index contributed by atoms with van der Waals surface area (Å²) in [5.41, 5.74) is 12.0. The summed E-state index contributed by atoms with van der Waals surface area (Å²) < 4.78 is 19.5. The smallest absolute Gasteiger partial charge is 0.264 e. The first-order valence-corrected chi connectivity index (χ1v) is 7.07. The number of rotatable bonds is 3. The summed E-state index contributed by atoms with van der Waals surface area (Å²) in [4.78, 5) is 25.3. The highest BCUT2D eigenvalue weighted by molar-refractivity contribution is 6.10. The molecular weight excluding hydrogens is 315 g/mol. The average molecular weight is 330 g/mol. The lowest BCUT2D eigenvalue weighted by Gasteiger charge is -2.29. The second-order valence-corrected chi connectivity index (χ2v) is 5.22. The van der Waals surface area contributed by atoms with E-state index in [-0.39, 0.29) is 35.0 Å². The van der Waals surface area contributed by atoms with Crippen LogP contribution in [0.1, 0.15) is 20.7 Å². The van der Waals surface area contributed by atoms with Crippen molar-refractivity contribution in [1.29, 1.82) is 0 Å². The van der Waals surface area contributed by atoms with Crippen LogP contribution in [0.15, 0.2) is 30.3 Å². The van der Waals surface area contributed by atoms with E-state index >= 15 is 0 Å². The fourth-order valence-electron chi connectivity index (χ4n) is 2.49. The number of anilines is 3. The summed E-state index contributed by atoms with van der Waals surface area (Å²) in [6, 6.07) is 6.98. The molecule has 124 valence electrons. The average Bonchev–Trinajstić information content (AvgIpc) is 2.56. The molecule has 0 aliphatic carbocycles. The summed E-state index contributed by atoms with van der Waals surface area (Å²) in [5.74, 6) is -1.43. The van der Waals surface area contributed by atoms with Gasteiger partial charge in [0.15, 0.2) is 6.73 Å². The lowest BCUT2D eigenvalue weighted by Crippen LogP contribution is -2.39. The van der Waals surface area contributed by atoms with Crippen LogP contribution in [0, 0.1) is 5.82 Å². The third-order valence-electron chi connectivity index (χ3n) is 3.78. The van der Waals surface area contributed by atoms with Gasteiger partial charge in [-0.15, -0.1) is 0 Å². The van der Waals surface area contributed by atoms with Crippen LogP contribution in [-0.4, -0.2) is 25.6 Å². The van der Waals surface area contributed by atoms with Crippen LogP contribution in [0.4, 0.5) is 21.5 Å². The Kier molecular flexibility index (Phi) is 3.72. The minimum absolute atomic E-state index is 0.0806. The molecule has 0 bridgehead atoms. The van der Waals surface area contributed by atoms with E-state index in [4.69, 9.17) is 16.2 Å². The summed E-state index contributed by atoms with van der Waals surface area (Å²) in [6.07, 6.45) is 0. The van der Waals surface area contributed by atoms with Crippen molar-refractivity contribution in [1.82, 2.24) is 0 Å². The van der Waals surface area contributed by atoms with E-state index < -0.39 is 17.6 Å². The van der Waals surface area contributed by atoms with E-state index in [0.29, 0.717) is 5.69 Å². The standard InChI is InChI=1S/C16H15FN4O3/c1-20-13-6-14-10(5-11(13)17)16(23)21(7-24-14)8-2-3-12(18)9(4-8)15(19)22/h2-6,20H,7,18H2,1H3,(H2,19,22). The Hall–Kier alpha value is -3.29. The van der Waals surface area contributed by atoms with Crippen molar-refractivity contribution in [3.8, 4) is 5.75 Å². The predicted octanol–water partition coefficient (Wildman–Crippen LogP) is 1.55. The van der Waals surface area contributed by atoms with Crippen LogP contribution < -0.4 is 26.4 Å². The van der Waals surface area contributed by atoms with E-state index in [1.165, 1.54) is 23.1 Å². The molecule has 0 unspecified atom stereocenters. The van der Waals surface area contributed by atoms with Gasteiger partial charge in [0.25, 0.3) is 11.8 Å². The fourth-order valence-corrected chi connectivity index (χ4v) is 2.49. The zero-order chi connectivity index (χ0) is 17.4. The Morgan fingerprint density at radius 1 is 1.33 bits per heavy atom. The van der Waals surface area contributed by atoms with E-state index in [0.717, 1.165) is 6.07 Å². The number of ether oxygens (including phenoxy) is 1. The minimum Gasteiger partial charge on any atom is -0.472 e. The van der Waals surface area contributed by atoms with Gasteiger partial charge >= 0.3 is 0 Å². The molecular formula is C16H15FN4O3. The van der Waals surface area contributed by atoms with Crippen LogP contribution in [0.25, 0.3) is 0 Å². The molecule has 5 N–H and O–H groups in total. The van der Waals surface area contributed by atoms with Crippen molar-refractivity contribution >= 4 is 28.9 Å². The van der Waals surface area contributed by atoms with Gasteiger partial charge < -0.3 is 21.5 Å². The van der Waals surface area contributed by atoms with E-state index in [1.54, 1.807) is 13.1 Å². The molecule has 0 spiro atoms. The minimum atomic E-state index is -0.704. The number of benzene rings is 2. The zero-order valence-electron chi connectivity index (χ0n) is 12.8. The molecule has 24 heavy (non-hydrogen) atoms. The Morgan fingerprint density at radius 3 is 2.75 bits per heavy atom. The molecule has 1 aliphatic heterocycles. The third-order valence-corrected chi connectivity index (χ3v) is 3.78. The van der Waals surface area contributed by atoms with Gasteiger partial charge in [0, 0.05) is 24.5 Å². The second kappa shape index (κ2) is 5.73. The Balaban J connectivity index is 2.01. The maximum absolute atomic E-state index is 13.9. The molecule has 1 aliphatic rings. The van der Waals surface area contributed by atoms with Gasteiger partial charge in [0.05, 0.1) is 16.8 Å². The van der Waals surface area contributed by atoms with E-state index in [1.807, 2.05) is 0 Å². The summed E-state index contributed by atoms with van der Waals surface area (Å²) in [6.45, 7) is -0.0806. The molecule has 2 aromatic carbocycles. The third kappa shape index (κ3) is 2.47. The molecule has 0 radical (unpaired) electrons. The molecule has 7 nitrogen and oxygen atoms in total. The molecule has 0 aromatic heterocycles. The van der Waals surface area contributed by atoms with E-state index in [9.17, 15) is 14.0 Å². The van der Waals surface area contributed by atoms with Gasteiger partial charge in [-0.2, -0.15) is 0 Å². The maximum atomic E-state index is 13.9. The van der Waals surface area contributed by atoms with Gasteiger partial charge in [0.2, 0.25) is 0 Å². The molecule has 8 heteroatoms. The number of hydrogen-bond acceptors (Lipinski definition) is 5. The number of primary amides is 1. The fraction of sp³-hybridized carbons (Fsp3) is 0.125. The number of amides is 2. The number of halogens is 1. The lowest BCUT2D eigenvalue weighted by atomic mass is 10.1. The van der Waals surface area contributed by atoms with Crippen LogP contribution in [0.3, 0.4) is 0 Å². The van der Waals surface area contributed by atoms with Crippen LogP contribution in [0.5, 0.6) is 5.75 Å². The first-order valence-electron chi connectivity index (χ1n) is 7.07.